The van der Waals surface area contributed by atoms with Crippen LogP contribution >= 0.6 is 0 Å². The normalized spacial score (nSPS) is 15.4. The van der Waals surface area contributed by atoms with Crippen molar-refractivity contribution in [3.63, 3.8) is 0 Å². The third-order valence-electron chi connectivity index (χ3n) is 4.32. The zero-order valence-electron chi connectivity index (χ0n) is 15.3. The van der Waals surface area contributed by atoms with Gasteiger partial charge < -0.3 is 15.8 Å². The Morgan fingerprint density at radius 2 is 2.12 bits per heavy atom. The molecule has 0 radical (unpaired) electrons. The summed E-state index contributed by atoms with van der Waals surface area (Å²) in [6.45, 7) is 4.42. The predicted octanol–water partition coefficient (Wildman–Crippen LogP) is 1.83. The van der Waals surface area contributed by atoms with Crippen LogP contribution in [0.25, 0.3) is 0 Å². The van der Waals surface area contributed by atoms with E-state index in [-0.39, 0.29) is 0 Å². The molecule has 26 heavy (non-hydrogen) atoms. The maximum absolute atomic E-state index is 5.71. The molecular weight excluding hydrogens is 330 g/mol. The van der Waals surface area contributed by atoms with Crippen LogP contribution in [-0.2, 0) is 13.6 Å². The van der Waals surface area contributed by atoms with Crippen LogP contribution in [0.2, 0.25) is 0 Å². The maximum Gasteiger partial charge on any atom is 0.244 e. The quantitative estimate of drug-likeness (QED) is 0.696. The fraction of sp³-hybridized carbons (Fsp3) is 0.500. The summed E-state index contributed by atoms with van der Waals surface area (Å²) in [6.07, 6.45) is 9.67. The van der Waals surface area contributed by atoms with E-state index >= 15 is 0 Å². The second-order valence-corrected chi connectivity index (χ2v) is 6.42. The van der Waals surface area contributed by atoms with Crippen molar-refractivity contribution in [1.82, 2.24) is 24.6 Å². The smallest absolute Gasteiger partial charge is 0.244 e. The molecule has 0 spiro atoms. The number of rotatable bonds is 8. The van der Waals surface area contributed by atoms with Crippen LogP contribution in [0.15, 0.2) is 30.5 Å². The van der Waals surface area contributed by atoms with E-state index in [1.54, 1.807) is 7.05 Å². The molecule has 0 aromatic carbocycles. The molecule has 1 saturated heterocycles. The molecule has 0 unspecified atom stereocenters. The number of hydrogen-bond acceptors (Lipinski definition) is 7. The third-order valence-corrected chi connectivity index (χ3v) is 4.32. The highest BCUT2D eigenvalue weighted by Gasteiger charge is 2.10. The minimum atomic E-state index is 0.385. The summed E-state index contributed by atoms with van der Waals surface area (Å²) in [5, 5.41) is 7.20. The lowest BCUT2D eigenvalue weighted by molar-refractivity contribution is 0.220. The second-order valence-electron chi connectivity index (χ2n) is 6.42. The molecule has 140 valence electrons. The summed E-state index contributed by atoms with van der Waals surface area (Å²) in [6, 6.07) is 4.09. The lowest BCUT2D eigenvalue weighted by Gasteiger charge is -2.26. The zero-order valence-corrected chi connectivity index (χ0v) is 15.3. The lowest BCUT2D eigenvalue weighted by atomic mass is 10.1. The number of anilines is 2. The molecule has 8 heteroatoms. The van der Waals surface area contributed by atoms with Gasteiger partial charge in [0.2, 0.25) is 17.8 Å². The molecule has 1 aliphatic heterocycles. The molecule has 3 N–H and O–H groups in total. The van der Waals surface area contributed by atoms with Gasteiger partial charge in [0.05, 0.1) is 0 Å². The summed E-state index contributed by atoms with van der Waals surface area (Å²) >= 11 is 0. The van der Waals surface area contributed by atoms with Crippen LogP contribution in [0.3, 0.4) is 0 Å². The maximum atomic E-state index is 5.71. The fourth-order valence-corrected chi connectivity index (χ4v) is 2.91. The van der Waals surface area contributed by atoms with Crippen molar-refractivity contribution in [2.45, 2.75) is 25.8 Å². The molecule has 3 heterocycles. The first kappa shape index (κ1) is 18.2. The highest BCUT2D eigenvalue weighted by atomic mass is 16.5. The van der Waals surface area contributed by atoms with E-state index in [0.29, 0.717) is 30.9 Å². The lowest BCUT2D eigenvalue weighted by Crippen LogP contribution is -2.29. The van der Waals surface area contributed by atoms with Gasteiger partial charge in [0.1, 0.15) is 6.61 Å². The standard InChI is InChI=1S/C18H27N7O/c1-24-17(19)22-18(23-24)21-8-3-6-12-26-16-13-15(7-9-20-16)14-25-10-4-2-5-11-25/h3,6-7,9,13H,2,4-5,8,10-12,14H2,1H3,(H3,19,21,22,23)/b6-3-. The van der Waals surface area contributed by atoms with E-state index in [1.165, 1.54) is 42.6 Å². The number of piperidine rings is 1. The fourth-order valence-electron chi connectivity index (χ4n) is 2.91. The van der Waals surface area contributed by atoms with Crippen LogP contribution in [0, 0.1) is 0 Å². The Morgan fingerprint density at radius 1 is 1.27 bits per heavy atom. The van der Waals surface area contributed by atoms with Crippen LogP contribution in [0.1, 0.15) is 24.8 Å². The molecule has 0 atom stereocenters. The van der Waals surface area contributed by atoms with Gasteiger partial charge in [0.25, 0.3) is 0 Å². The van der Waals surface area contributed by atoms with Gasteiger partial charge in [-0.3, -0.25) is 4.90 Å². The third kappa shape index (κ3) is 5.45. The summed E-state index contributed by atoms with van der Waals surface area (Å²) in [5.74, 6) is 1.56. The SMILES string of the molecule is Cn1nc(NC/C=C\COc2cc(CN3CCCCC3)ccn2)nc1N. The molecule has 2 aromatic rings. The van der Waals surface area contributed by atoms with Crippen LogP contribution in [0.5, 0.6) is 5.88 Å². The van der Waals surface area contributed by atoms with Gasteiger partial charge >= 0.3 is 0 Å². The Kier molecular flexibility index (Phi) is 6.43. The van der Waals surface area contributed by atoms with Crippen LogP contribution in [0.4, 0.5) is 11.9 Å². The van der Waals surface area contributed by atoms with Crippen LogP contribution < -0.4 is 15.8 Å². The summed E-state index contributed by atoms with van der Waals surface area (Å²) in [5.41, 5.74) is 6.88. The van der Waals surface area contributed by atoms with Crippen molar-refractivity contribution < 1.29 is 4.74 Å². The summed E-state index contributed by atoms with van der Waals surface area (Å²) in [4.78, 5) is 10.8. The highest BCUT2D eigenvalue weighted by molar-refractivity contribution is 5.31. The van der Waals surface area contributed by atoms with Gasteiger partial charge in [-0.2, -0.15) is 4.98 Å². The minimum Gasteiger partial charge on any atom is -0.473 e. The molecular formula is C18H27N7O. The monoisotopic (exact) mass is 357 g/mol. The van der Waals surface area contributed by atoms with Gasteiger partial charge in [-0.15, -0.1) is 5.10 Å². The molecule has 0 bridgehead atoms. The first-order chi connectivity index (χ1) is 12.7. The zero-order chi connectivity index (χ0) is 18.2. The van der Waals surface area contributed by atoms with E-state index < -0.39 is 0 Å². The van der Waals surface area contributed by atoms with E-state index in [1.807, 2.05) is 24.4 Å². The number of pyridine rings is 1. The van der Waals surface area contributed by atoms with E-state index in [0.717, 1.165) is 6.54 Å². The molecule has 1 aliphatic rings. The molecule has 2 aromatic heterocycles. The topological polar surface area (TPSA) is 94.1 Å². The Bertz CT molecular complexity index is 703. The predicted molar refractivity (Wildman–Crippen MR) is 102 cm³/mol. The van der Waals surface area contributed by atoms with E-state index in [2.05, 4.69) is 31.3 Å². The minimum absolute atomic E-state index is 0.385. The number of likely N-dealkylation sites (tertiary alicyclic amines) is 1. The first-order valence-electron chi connectivity index (χ1n) is 9.06. The number of aryl methyl sites for hydroxylation is 1. The van der Waals surface area contributed by atoms with Crippen molar-refractivity contribution in [2.24, 2.45) is 7.05 Å². The van der Waals surface area contributed by atoms with Gasteiger partial charge in [0, 0.05) is 32.4 Å². The van der Waals surface area contributed by atoms with Gasteiger partial charge in [-0.05, 0) is 43.6 Å². The van der Waals surface area contributed by atoms with Gasteiger partial charge in [-0.1, -0.05) is 12.5 Å². The van der Waals surface area contributed by atoms with Crippen LogP contribution in [-0.4, -0.2) is 50.9 Å². The number of aromatic nitrogens is 4. The van der Waals surface area contributed by atoms with E-state index in [4.69, 9.17) is 10.5 Å². The molecule has 1 fully saturated rings. The average molecular weight is 357 g/mol. The Morgan fingerprint density at radius 3 is 2.88 bits per heavy atom. The van der Waals surface area contributed by atoms with Gasteiger partial charge in [-0.25, -0.2) is 9.67 Å². The molecule has 0 aliphatic carbocycles. The van der Waals surface area contributed by atoms with Crippen molar-refractivity contribution in [3.8, 4) is 5.88 Å². The Balaban J connectivity index is 1.39. The molecule has 8 nitrogen and oxygen atoms in total. The van der Waals surface area contributed by atoms with E-state index in [9.17, 15) is 0 Å². The first-order valence-corrected chi connectivity index (χ1v) is 9.06. The van der Waals surface area contributed by atoms with Crippen molar-refractivity contribution in [1.29, 1.82) is 0 Å². The highest BCUT2D eigenvalue weighted by Crippen LogP contribution is 2.15. The van der Waals surface area contributed by atoms with Gasteiger partial charge in [0.15, 0.2) is 0 Å². The Labute approximate surface area is 154 Å². The van der Waals surface area contributed by atoms with Crippen molar-refractivity contribution in [2.75, 3.05) is 37.3 Å². The van der Waals surface area contributed by atoms with Crippen molar-refractivity contribution in [3.05, 3.63) is 36.0 Å². The summed E-state index contributed by atoms with van der Waals surface area (Å²) in [7, 11) is 1.75. The number of nitrogen functional groups attached to an aromatic ring is 1. The number of ether oxygens (including phenoxy) is 1. The average Bonchev–Trinajstić information content (AvgIpc) is 2.97. The number of hydrogen-bond donors (Lipinski definition) is 2. The van der Waals surface area contributed by atoms with Crippen molar-refractivity contribution >= 4 is 11.9 Å². The number of nitrogens with one attached hydrogen (secondary N) is 1. The molecule has 0 amide bonds. The Hall–Kier alpha value is -2.61. The number of nitrogens with zero attached hydrogens (tertiary/aromatic N) is 5. The second kappa shape index (κ2) is 9.19. The molecule has 3 rings (SSSR count). The summed E-state index contributed by atoms with van der Waals surface area (Å²) < 4.78 is 7.24. The largest absolute Gasteiger partial charge is 0.473 e. The number of nitrogens with two attached hydrogens (primary N) is 1. The molecule has 0 saturated carbocycles.